The molecule has 132 valence electrons. The molecule has 0 radical (unpaired) electrons. The molecule has 2 aromatic rings. The summed E-state index contributed by atoms with van der Waals surface area (Å²) in [7, 11) is 0. The molecule has 4 rings (SSSR count). The second-order valence-electron chi connectivity index (χ2n) is 6.51. The van der Waals surface area contributed by atoms with Crippen molar-refractivity contribution in [3.8, 4) is 0 Å². The summed E-state index contributed by atoms with van der Waals surface area (Å²) >= 11 is 0. The van der Waals surface area contributed by atoms with Crippen molar-refractivity contribution >= 4 is 5.91 Å². The molecule has 1 aromatic carbocycles. The Morgan fingerprint density at radius 2 is 2.24 bits per heavy atom. The van der Waals surface area contributed by atoms with Gasteiger partial charge in [-0.15, -0.1) is 0 Å². The number of rotatable bonds is 3. The van der Waals surface area contributed by atoms with Crippen LogP contribution in [-0.4, -0.2) is 45.7 Å². The van der Waals surface area contributed by atoms with Gasteiger partial charge in [0.05, 0.1) is 13.2 Å². The summed E-state index contributed by atoms with van der Waals surface area (Å²) in [6.45, 7) is 3.04. The van der Waals surface area contributed by atoms with Gasteiger partial charge >= 0.3 is 0 Å². The number of carbonyl (C=O) groups excluding carboxylic acids is 1. The lowest BCUT2D eigenvalue weighted by Gasteiger charge is -2.32. The summed E-state index contributed by atoms with van der Waals surface area (Å²) < 4.78 is 33.0. The van der Waals surface area contributed by atoms with E-state index in [-0.39, 0.29) is 29.4 Å². The van der Waals surface area contributed by atoms with Crippen molar-refractivity contribution in [1.82, 2.24) is 20.1 Å². The Morgan fingerprint density at radius 3 is 3.00 bits per heavy atom. The zero-order chi connectivity index (χ0) is 17.6. The lowest BCUT2D eigenvalue weighted by Crippen LogP contribution is -2.43. The lowest BCUT2D eigenvalue weighted by molar-refractivity contribution is -0.140. The first-order chi connectivity index (χ1) is 12.0. The maximum Gasteiger partial charge on any atom is 0.226 e. The van der Waals surface area contributed by atoms with Crippen molar-refractivity contribution in [3.63, 3.8) is 0 Å². The first kappa shape index (κ1) is 16.1. The maximum atomic E-state index is 13.9. The topological polar surface area (TPSA) is 71.1 Å². The van der Waals surface area contributed by atoms with Gasteiger partial charge in [-0.25, -0.2) is 13.8 Å². The lowest BCUT2D eigenvalue weighted by atomic mass is 10.1. The summed E-state index contributed by atoms with van der Waals surface area (Å²) in [5.41, 5.74) is 0.285. The Bertz CT molecular complexity index is 810. The van der Waals surface area contributed by atoms with Crippen molar-refractivity contribution in [1.29, 1.82) is 0 Å². The van der Waals surface area contributed by atoms with Crippen LogP contribution in [-0.2, 0) is 9.53 Å². The number of benzene rings is 1. The molecule has 6 nitrogen and oxygen atoms in total. The number of ether oxygens (including phenoxy) is 1. The third kappa shape index (κ3) is 3.02. The van der Waals surface area contributed by atoms with E-state index in [1.165, 1.54) is 6.07 Å². The summed E-state index contributed by atoms with van der Waals surface area (Å²) in [6.07, 6.45) is 0.173. The molecule has 1 N–H and O–H groups in total. The molecule has 1 saturated heterocycles. The first-order valence-corrected chi connectivity index (χ1v) is 8.28. The van der Waals surface area contributed by atoms with Gasteiger partial charge in [0.2, 0.25) is 5.91 Å². The van der Waals surface area contributed by atoms with Gasteiger partial charge in [-0.3, -0.25) is 9.89 Å². The first-order valence-electron chi connectivity index (χ1n) is 8.28. The highest BCUT2D eigenvalue weighted by Gasteiger charge is 2.48. The van der Waals surface area contributed by atoms with E-state index in [1.54, 1.807) is 17.9 Å². The van der Waals surface area contributed by atoms with Crippen LogP contribution in [0, 0.1) is 24.5 Å². The normalized spacial score (nSPS) is 25.9. The van der Waals surface area contributed by atoms with Gasteiger partial charge in [0.25, 0.3) is 0 Å². The number of nitrogens with one attached hydrogen (secondary N) is 1. The van der Waals surface area contributed by atoms with Gasteiger partial charge in [0, 0.05) is 12.5 Å². The molecule has 1 aromatic heterocycles. The number of amides is 1. The molecule has 3 atom stereocenters. The molecule has 3 unspecified atom stereocenters. The van der Waals surface area contributed by atoms with Gasteiger partial charge in [0.15, 0.2) is 17.5 Å². The van der Waals surface area contributed by atoms with Crippen LogP contribution < -0.4 is 0 Å². The zero-order valence-corrected chi connectivity index (χ0v) is 13.7. The Hall–Kier alpha value is -2.35. The third-order valence-electron chi connectivity index (χ3n) is 4.77. The predicted molar refractivity (Wildman–Crippen MR) is 83.6 cm³/mol. The number of nitrogens with zero attached hydrogens (tertiary/aromatic N) is 3. The number of hydrogen-bond acceptors (Lipinski definition) is 4. The fourth-order valence-corrected chi connectivity index (χ4v) is 3.36. The number of aryl methyl sites for hydroxylation is 1. The fraction of sp³-hybridized carbons (Fsp3) is 0.471. The largest absolute Gasteiger partial charge is 0.366 e. The van der Waals surface area contributed by atoms with Gasteiger partial charge in [-0.05, 0) is 30.9 Å². The number of aromatic nitrogens is 3. The summed E-state index contributed by atoms with van der Waals surface area (Å²) in [5, 5.41) is 6.85. The molecule has 2 aliphatic rings. The highest BCUT2D eigenvalue weighted by Crippen LogP contribution is 2.49. The van der Waals surface area contributed by atoms with Crippen molar-refractivity contribution in [3.05, 3.63) is 47.0 Å². The van der Waals surface area contributed by atoms with Crippen LogP contribution >= 0.6 is 0 Å². The van der Waals surface area contributed by atoms with E-state index in [2.05, 4.69) is 15.2 Å². The van der Waals surface area contributed by atoms with E-state index in [4.69, 9.17) is 4.74 Å². The molecule has 1 amide bonds. The summed E-state index contributed by atoms with van der Waals surface area (Å²) in [4.78, 5) is 18.7. The second kappa shape index (κ2) is 6.18. The number of hydrogen-bond donors (Lipinski definition) is 1. The van der Waals surface area contributed by atoms with Gasteiger partial charge in [0.1, 0.15) is 11.9 Å². The van der Waals surface area contributed by atoms with Crippen LogP contribution in [0.1, 0.15) is 35.7 Å². The number of aromatic amines is 1. The van der Waals surface area contributed by atoms with Crippen LogP contribution in [0.2, 0.25) is 0 Å². The monoisotopic (exact) mass is 348 g/mol. The average Bonchev–Trinajstić information content (AvgIpc) is 3.29. The summed E-state index contributed by atoms with van der Waals surface area (Å²) in [6, 6.07) is 4.11. The van der Waals surface area contributed by atoms with Crippen molar-refractivity contribution in [2.45, 2.75) is 25.4 Å². The minimum atomic E-state index is -0.873. The molecule has 0 bridgehead atoms. The molecule has 2 fully saturated rings. The average molecular weight is 348 g/mol. The molecule has 1 aliphatic heterocycles. The highest BCUT2D eigenvalue weighted by atomic mass is 19.2. The van der Waals surface area contributed by atoms with Crippen LogP contribution in [0.4, 0.5) is 8.78 Å². The van der Waals surface area contributed by atoms with E-state index in [1.807, 2.05) is 0 Å². The number of H-pyrrole nitrogens is 1. The molecule has 2 heterocycles. The highest BCUT2D eigenvalue weighted by molar-refractivity contribution is 5.83. The number of halogens is 2. The second-order valence-corrected chi connectivity index (χ2v) is 6.51. The van der Waals surface area contributed by atoms with Gasteiger partial charge in [-0.1, -0.05) is 12.1 Å². The predicted octanol–water partition coefficient (Wildman–Crippen LogP) is 2.09. The standard InChI is InChI=1S/C17H18F2N4O2/c1-9-20-16(22-21-9)14-8-23(5-6-25-14)17(24)12-7-11(12)10-3-2-4-13(18)15(10)19/h2-4,11-12,14H,5-8H2,1H3,(H,20,21,22). The van der Waals surface area contributed by atoms with Crippen molar-refractivity contribution in [2.75, 3.05) is 19.7 Å². The zero-order valence-electron chi connectivity index (χ0n) is 13.7. The minimum Gasteiger partial charge on any atom is -0.366 e. The molecule has 1 saturated carbocycles. The van der Waals surface area contributed by atoms with Crippen LogP contribution in [0.25, 0.3) is 0 Å². The Balaban J connectivity index is 1.44. The molecular weight excluding hydrogens is 330 g/mol. The number of morpholine rings is 1. The van der Waals surface area contributed by atoms with Gasteiger partial charge in [-0.2, -0.15) is 5.10 Å². The minimum absolute atomic E-state index is 0.0470. The molecule has 8 heteroatoms. The van der Waals surface area contributed by atoms with Crippen LogP contribution in [0.5, 0.6) is 0 Å². The maximum absolute atomic E-state index is 13.9. The third-order valence-corrected chi connectivity index (χ3v) is 4.77. The van der Waals surface area contributed by atoms with Crippen molar-refractivity contribution < 1.29 is 18.3 Å². The van der Waals surface area contributed by atoms with E-state index in [0.717, 1.165) is 6.07 Å². The molecule has 25 heavy (non-hydrogen) atoms. The van der Waals surface area contributed by atoms with Gasteiger partial charge < -0.3 is 9.64 Å². The Morgan fingerprint density at radius 1 is 1.40 bits per heavy atom. The molecular formula is C17H18F2N4O2. The quantitative estimate of drug-likeness (QED) is 0.922. The van der Waals surface area contributed by atoms with E-state index in [9.17, 15) is 13.6 Å². The van der Waals surface area contributed by atoms with E-state index >= 15 is 0 Å². The number of carbonyl (C=O) groups is 1. The van der Waals surface area contributed by atoms with Crippen LogP contribution in [0.3, 0.4) is 0 Å². The van der Waals surface area contributed by atoms with Crippen LogP contribution in [0.15, 0.2) is 18.2 Å². The Kier molecular flexibility index (Phi) is 3.99. The summed E-state index contributed by atoms with van der Waals surface area (Å²) in [5.74, 6) is -1.11. The van der Waals surface area contributed by atoms with Crippen molar-refractivity contribution in [2.24, 2.45) is 5.92 Å². The molecule has 1 aliphatic carbocycles. The van der Waals surface area contributed by atoms with E-state index < -0.39 is 11.6 Å². The Labute approximate surface area is 143 Å². The fourth-order valence-electron chi connectivity index (χ4n) is 3.36. The molecule has 0 spiro atoms. The SMILES string of the molecule is Cc1nc(C2CN(C(=O)C3CC3c3cccc(F)c3F)CCO2)n[nH]1. The van der Waals surface area contributed by atoms with E-state index in [0.29, 0.717) is 37.8 Å². The smallest absolute Gasteiger partial charge is 0.226 e.